The summed E-state index contributed by atoms with van der Waals surface area (Å²) < 4.78 is 6.22. The summed E-state index contributed by atoms with van der Waals surface area (Å²) in [5.74, 6) is 1.25. The quantitative estimate of drug-likeness (QED) is 0.530. The van der Waals surface area contributed by atoms with Gasteiger partial charge in [-0.15, -0.1) is 0 Å². The van der Waals surface area contributed by atoms with E-state index in [1.165, 1.54) is 28.1 Å². The molecule has 2 fully saturated rings. The molecular weight excluding hydrogens is 436 g/mol. The minimum Gasteiger partial charge on any atom is -0.491 e. The van der Waals surface area contributed by atoms with Gasteiger partial charge in [-0.2, -0.15) is 0 Å². The van der Waals surface area contributed by atoms with Crippen LogP contribution in [0.25, 0.3) is 0 Å². The van der Waals surface area contributed by atoms with Crippen LogP contribution in [0.2, 0.25) is 0 Å². The first kappa shape index (κ1) is 25.4. The molecule has 4 rings (SSSR count). The standard InChI is InChI=1S/C29H42N4O2/c1-23-11-12-26(25(3)22-23)31-17-19-32(20-18-31)28(34)10-5-6-21-35-27-9-7-8-24(2)29(27)33-15-13-30(4)14-16-33/h7-9,11-12,22H,5-6,10,13-21H2,1-4H3. The molecule has 2 saturated heterocycles. The minimum absolute atomic E-state index is 0.277. The van der Waals surface area contributed by atoms with Crippen molar-refractivity contribution in [1.82, 2.24) is 9.80 Å². The molecule has 2 aliphatic heterocycles. The number of nitrogens with zero attached hydrogens (tertiary/aromatic N) is 4. The number of carbonyl (C=O) groups is 1. The number of para-hydroxylation sites is 1. The lowest BCUT2D eigenvalue weighted by atomic mass is 10.1. The first-order chi connectivity index (χ1) is 16.9. The lowest BCUT2D eigenvalue weighted by Gasteiger charge is -2.37. The van der Waals surface area contributed by atoms with Crippen LogP contribution in [0.1, 0.15) is 36.0 Å². The van der Waals surface area contributed by atoms with Gasteiger partial charge in [0, 0.05) is 64.5 Å². The SMILES string of the molecule is Cc1ccc(N2CCN(C(=O)CCCCOc3cccc(C)c3N3CCN(C)CC3)CC2)c(C)c1. The summed E-state index contributed by atoms with van der Waals surface area (Å²) in [4.78, 5) is 22.0. The zero-order valence-electron chi connectivity index (χ0n) is 22.1. The van der Waals surface area contributed by atoms with Crippen LogP contribution in [0.5, 0.6) is 5.75 Å². The number of unbranched alkanes of at least 4 members (excludes halogenated alkanes) is 1. The molecule has 0 radical (unpaired) electrons. The summed E-state index contributed by atoms with van der Waals surface area (Å²) in [6.07, 6.45) is 2.36. The third-order valence-electron chi connectivity index (χ3n) is 7.39. The van der Waals surface area contributed by atoms with Gasteiger partial charge in [0.05, 0.1) is 12.3 Å². The predicted molar refractivity (Wildman–Crippen MR) is 145 cm³/mol. The van der Waals surface area contributed by atoms with E-state index in [-0.39, 0.29) is 5.91 Å². The molecule has 2 heterocycles. The summed E-state index contributed by atoms with van der Waals surface area (Å²) >= 11 is 0. The molecule has 0 aromatic heterocycles. The van der Waals surface area contributed by atoms with Gasteiger partial charge in [-0.25, -0.2) is 0 Å². The molecule has 0 saturated carbocycles. The Kier molecular flexibility index (Phi) is 8.55. The third kappa shape index (κ3) is 6.49. The second-order valence-corrected chi connectivity index (χ2v) is 10.2. The van der Waals surface area contributed by atoms with Gasteiger partial charge in [0.15, 0.2) is 0 Å². The van der Waals surface area contributed by atoms with Crippen molar-refractivity contribution in [1.29, 1.82) is 0 Å². The molecule has 2 aliphatic rings. The number of likely N-dealkylation sites (N-methyl/N-ethyl adjacent to an activating group) is 1. The Morgan fingerprint density at radius 3 is 2.26 bits per heavy atom. The second kappa shape index (κ2) is 11.8. The summed E-state index contributed by atoms with van der Waals surface area (Å²) in [7, 11) is 2.18. The summed E-state index contributed by atoms with van der Waals surface area (Å²) in [5, 5.41) is 0. The molecule has 6 heteroatoms. The molecule has 6 nitrogen and oxygen atoms in total. The number of hydrogen-bond acceptors (Lipinski definition) is 5. The Hall–Kier alpha value is -2.73. The van der Waals surface area contributed by atoms with Crippen LogP contribution in [-0.4, -0.2) is 81.7 Å². The van der Waals surface area contributed by atoms with Gasteiger partial charge in [-0.3, -0.25) is 4.79 Å². The number of aryl methyl sites for hydroxylation is 3. The van der Waals surface area contributed by atoms with Crippen molar-refractivity contribution in [3.63, 3.8) is 0 Å². The molecule has 0 unspecified atom stereocenters. The molecule has 0 spiro atoms. The molecule has 0 bridgehead atoms. The Morgan fingerprint density at radius 2 is 1.54 bits per heavy atom. The first-order valence-corrected chi connectivity index (χ1v) is 13.2. The van der Waals surface area contributed by atoms with Crippen LogP contribution in [0.4, 0.5) is 11.4 Å². The second-order valence-electron chi connectivity index (χ2n) is 10.2. The number of hydrogen-bond donors (Lipinski definition) is 0. The highest BCUT2D eigenvalue weighted by molar-refractivity contribution is 5.76. The molecule has 190 valence electrons. The fourth-order valence-corrected chi connectivity index (χ4v) is 5.26. The molecule has 0 aliphatic carbocycles. The van der Waals surface area contributed by atoms with E-state index < -0.39 is 0 Å². The highest BCUT2D eigenvalue weighted by atomic mass is 16.5. The van der Waals surface area contributed by atoms with E-state index in [2.05, 4.69) is 78.9 Å². The van der Waals surface area contributed by atoms with E-state index in [1.54, 1.807) is 0 Å². The highest BCUT2D eigenvalue weighted by Gasteiger charge is 2.22. The Labute approximate surface area is 211 Å². The van der Waals surface area contributed by atoms with E-state index in [9.17, 15) is 4.79 Å². The van der Waals surface area contributed by atoms with Gasteiger partial charge in [0.2, 0.25) is 5.91 Å². The molecule has 0 atom stereocenters. The van der Waals surface area contributed by atoms with Crippen molar-refractivity contribution in [3.05, 3.63) is 53.1 Å². The number of carbonyl (C=O) groups excluding carboxylic acids is 1. The number of anilines is 2. The smallest absolute Gasteiger partial charge is 0.222 e. The van der Waals surface area contributed by atoms with Crippen LogP contribution in [-0.2, 0) is 4.79 Å². The maximum Gasteiger partial charge on any atom is 0.222 e. The average Bonchev–Trinajstić information content (AvgIpc) is 2.85. The van der Waals surface area contributed by atoms with Gasteiger partial charge >= 0.3 is 0 Å². The zero-order valence-corrected chi connectivity index (χ0v) is 22.1. The topological polar surface area (TPSA) is 39.3 Å². The predicted octanol–water partition coefficient (Wildman–Crippen LogP) is 4.26. The fourth-order valence-electron chi connectivity index (χ4n) is 5.26. The number of ether oxygens (including phenoxy) is 1. The van der Waals surface area contributed by atoms with Gasteiger partial charge in [-0.05, 0) is 63.9 Å². The molecule has 2 aromatic rings. The first-order valence-electron chi connectivity index (χ1n) is 13.2. The van der Waals surface area contributed by atoms with E-state index >= 15 is 0 Å². The minimum atomic E-state index is 0.277. The lowest BCUT2D eigenvalue weighted by Crippen LogP contribution is -2.49. The van der Waals surface area contributed by atoms with Crippen LogP contribution in [0.3, 0.4) is 0 Å². The maximum atomic E-state index is 12.8. The third-order valence-corrected chi connectivity index (χ3v) is 7.39. The summed E-state index contributed by atoms with van der Waals surface area (Å²) in [6.45, 7) is 14.8. The van der Waals surface area contributed by atoms with Crippen molar-refractivity contribution in [3.8, 4) is 5.75 Å². The monoisotopic (exact) mass is 478 g/mol. The van der Waals surface area contributed by atoms with Crippen molar-refractivity contribution >= 4 is 17.3 Å². The number of rotatable bonds is 8. The van der Waals surface area contributed by atoms with E-state index in [0.717, 1.165) is 70.9 Å². The number of piperazine rings is 2. The van der Waals surface area contributed by atoms with Crippen molar-refractivity contribution in [2.24, 2.45) is 0 Å². The molecule has 1 amide bonds. The van der Waals surface area contributed by atoms with Gasteiger partial charge < -0.3 is 24.3 Å². The van der Waals surface area contributed by atoms with Crippen molar-refractivity contribution in [2.75, 3.05) is 75.8 Å². The lowest BCUT2D eigenvalue weighted by molar-refractivity contribution is -0.131. The average molecular weight is 479 g/mol. The van der Waals surface area contributed by atoms with E-state index in [0.29, 0.717) is 13.0 Å². The summed E-state index contributed by atoms with van der Waals surface area (Å²) in [6, 6.07) is 12.9. The molecular formula is C29H42N4O2. The largest absolute Gasteiger partial charge is 0.491 e. The number of amides is 1. The Bertz CT molecular complexity index is 992. The van der Waals surface area contributed by atoms with Crippen LogP contribution >= 0.6 is 0 Å². The van der Waals surface area contributed by atoms with E-state index in [1.807, 2.05) is 4.90 Å². The van der Waals surface area contributed by atoms with Crippen molar-refractivity contribution in [2.45, 2.75) is 40.0 Å². The van der Waals surface area contributed by atoms with Gasteiger partial charge in [0.1, 0.15) is 5.75 Å². The Balaban J connectivity index is 1.19. The maximum absolute atomic E-state index is 12.8. The zero-order chi connectivity index (χ0) is 24.8. The van der Waals surface area contributed by atoms with Gasteiger partial charge in [0.25, 0.3) is 0 Å². The molecule has 2 aromatic carbocycles. The fraction of sp³-hybridized carbons (Fsp3) is 0.552. The highest BCUT2D eigenvalue weighted by Crippen LogP contribution is 2.33. The molecule has 0 N–H and O–H groups in total. The van der Waals surface area contributed by atoms with Crippen LogP contribution < -0.4 is 14.5 Å². The van der Waals surface area contributed by atoms with Crippen LogP contribution in [0, 0.1) is 20.8 Å². The van der Waals surface area contributed by atoms with E-state index in [4.69, 9.17) is 4.74 Å². The van der Waals surface area contributed by atoms with Gasteiger partial charge in [-0.1, -0.05) is 29.8 Å². The molecule has 35 heavy (non-hydrogen) atoms. The van der Waals surface area contributed by atoms with Crippen LogP contribution in [0.15, 0.2) is 36.4 Å². The normalized spacial score (nSPS) is 17.1. The van der Waals surface area contributed by atoms with Crippen molar-refractivity contribution < 1.29 is 9.53 Å². The number of benzene rings is 2. The summed E-state index contributed by atoms with van der Waals surface area (Å²) in [5.41, 5.74) is 6.41. The Morgan fingerprint density at radius 1 is 0.829 bits per heavy atom.